The molecule has 0 bridgehead atoms. The molecule has 4 aromatic rings. The third-order valence-electron chi connectivity index (χ3n) is 4.41. The first kappa shape index (κ1) is 21.3. The Labute approximate surface area is 187 Å². The second-order valence-electron chi connectivity index (χ2n) is 6.85. The first-order valence-corrected chi connectivity index (χ1v) is 10.5. The number of anilines is 1. The zero-order valence-electron chi connectivity index (χ0n) is 17.3. The van der Waals surface area contributed by atoms with Gasteiger partial charge in [0.05, 0.1) is 10.7 Å². The van der Waals surface area contributed by atoms with Crippen LogP contribution in [0.2, 0.25) is 0 Å². The Hall–Kier alpha value is -3.92. The maximum atomic E-state index is 14.2. The fourth-order valence-corrected chi connectivity index (χ4v) is 3.50. The Morgan fingerprint density at radius 1 is 1.25 bits per heavy atom. The van der Waals surface area contributed by atoms with Crippen molar-refractivity contribution in [2.24, 2.45) is 0 Å². The molecular weight excluding hydrogens is 431 g/mol. The summed E-state index contributed by atoms with van der Waals surface area (Å²) in [6.45, 7) is 3.99. The van der Waals surface area contributed by atoms with Crippen LogP contribution in [0.1, 0.15) is 22.1 Å². The Balaban J connectivity index is 1.40. The second-order valence-corrected chi connectivity index (χ2v) is 7.91. The summed E-state index contributed by atoms with van der Waals surface area (Å²) in [5.41, 5.74) is 2.25. The van der Waals surface area contributed by atoms with Crippen LogP contribution in [0.3, 0.4) is 0 Å². The Morgan fingerprint density at radius 3 is 2.88 bits per heavy atom. The molecule has 10 heteroatoms. The van der Waals surface area contributed by atoms with Gasteiger partial charge in [0.1, 0.15) is 23.9 Å². The molecule has 2 heterocycles. The van der Waals surface area contributed by atoms with Crippen molar-refractivity contribution in [3.05, 3.63) is 81.8 Å². The molecule has 0 atom stereocenters. The van der Waals surface area contributed by atoms with Gasteiger partial charge in [-0.05, 0) is 66.2 Å². The van der Waals surface area contributed by atoms with Gasteiger partial charge in [-0.15, -0.1) is 16.4 Å². The lowest BCUT2D eigenvalue weighted by Crippen LogP contribution is -2.09. The van der Waals surface area contributed by atoms with Gasteiger partial charge in [-0.3, -0.25) is 4.79 Å². The van der Waals surface area contributed by atoms with E-state index < -0.39 is 5.82 Å². The largest absolute Gasteiger partial charge is 0.487 e. The van der Waals surface area contributed by atoms with Crippen LogP contribution in [-0.4, -0.2) is 31.1 Å². The predicted molar refractivity (Wildman–Crippen MR) is 119 cm³/mol. The van der Waals surface area contributed by atoms with E-state index in [0.29, 0.717) is 23.9 Å². The number of carbonyl (C=O) groups excluding carboxylic acids is 1. The lowest BCUT2D eigenvalue weighted by molar-refractivity contribution is -0.111. The quantitative estimate of drug-likeness (QED) is 0.426. The number of benzene rings is 2. The zero-order valence-corrected chi connectivity index (χ0v) is 18.1. The number of halogens is 1. The van der Waals surface area contributed by atoms with E-state index in [1.807, 2.05) is 36.6 Å². The summed E-state index contributed by atoms with van der Waals surface area (Å²) in [6, 6.07) is 11.6. The summed E-state index contributed by atoms with van der Waals surface area (Å²) in [6.07, 6.45) is 3.07. The molecule has 0 fully saturated rings. The van der Waals surface area contributed by atoms with Crippen molar-refractivity contribution in [3.8, 4) is 11.4 Å². The van der Waals surface area contributed by atoms with Crippen LogP contribution in [0.15, 0.2) is 53.9 Å². The van der Waals surface area contributed by atoms with E-state index in [1.54, 1.807) is 24.3 Å². The number of ether oxygens (including phenoxy) is 1. The molecular formula is C22H19FN6O2S. The van der Waals surface area contributed by atoms with E-state index in [1.165, 1.54) is 29.0 Å². The van der Waals surface area contributed by atoms with Gasteiger partial charge in [0.15, 0.2) is 5.82 Å². The number of aryl methyl sites for hydroxylation is 2. The van der Waals surface area contributed by atoms with Gasteiger partial charge in [-0.25, -0.2) is 9.37 Å². The van der Waals surface area contributed by atoms with Crippen molar-refractivity contribution in [1.29, 1.82) is 0 Å². The molecule has 0 aliphatic carbocycles. The summed E-state index contributed by atoms with van der Waals surface area (Å²) in [7, 11) is 0. The predicted octanol–water partition coefficient (Wildman–Crippen LogP) is 4.11. The van der Waals surface area contributed by atoms with Crippen molar-refractivity contribution in [3.63, 3.8) is 0 Å². The van der Waals surface area contributed by atoms with Crippen LogP contribution in [0.5, 0.6) is 5.75 Å². The molecule has 1 N–H and O–H groups in total. The number of amides is 1. The summed E-state index contributed by atoms with van der Waals surface area (Å²) in [5, 5.41) is 16.7. The highest BCUT2D eigenvalue weighted by Crippen LogP contribution is 2.20. The highest BCUT2D eigenvalue weighted by atomic mass is 32.1. The maximum Gasteiger partial charge on any atom is 0.248 e. The number of hydrogen-bond acceptors (Lipinski definition) is 7. The van der Waals surface area contributed by atoms with E-state index in [9.17, 15) is 9.18 Å². The zero-order chi connectivity index (χ0) is 22.5. The number of thiazole rings is 1. The van der Waals surface area contributed by atoms with Crippen LogP contribution in [-0.2, 0) is 11.4 Å². The monoisotopic (exact) mass is 450 g/mol. The highest BCUT2D eigenvalue weighted by molar-refractivity contribution is 7.09. The molecule has 0 aliphatic heterocycles. The Morgan fingerprint density at radius 2 is 2.12 bits per heavy atom. The van der Waals surface area contributed by atoms with Crippen molar-refractivity contribution in [2.75, 3.05) is 5.32 Å². The Bertz CT molecular complexity index is 1280. The van der Waals surface area contributed by atoms with E-state index >= 15 is 0 Å². The molecule has 0 saturated carbocycles. The molecule has 162 valence electrons. The summed E-state index contributed by atoms with van der Waals surface area (Å²) < 4.78 is 21.2. The number of nitrogens with zero attached hydrogens (tertiary/aromatic N) is 5. The third-order valence-corrected chi connectivity index (χ3v) is 5.23. The summed E-state index contributed by atoms with van der Waals surface area (Å²) in [4.78, 5) is 16.7. The second kappa shape index (κ2) is 9.48. The minimum atomic E-state index is -0.501. The van der Waals surface area contributed by atoms with Crippen LogP contribution < -0.4 is 10.1 Å². The standard InChI is InChI=1S/C22H19FN6O2S/c1-14-26-27-28-29(14)21-11-17(7-8-20(21)23)25-22(30)9-6-16-4-3-5-19(10-16)31-12-18-13-32-15(2)24-18/h3-11,13H,12H2,1-2H3,(H,25,30)/b9-6+. The number of nitrogens with one attached hydrogen (secondary N) is 1. The van der Waals surface area contributed by atoms with Crippen LogP contribution >= 0.6 is 11.3 Å². The van der Waals surface area contributed by atoms with Gasteiger partial charge < -0.3 is 10.1 Å². The molecule has 1 amide bonds. The minimum Gasteiger partial charge on any atom is -0.487 e. The summed E-state index contributed by atoms with van der Waals surface area (Å²) in [5.74, 6) is 0.247. The minimum absolute atomic E-state index is 0.148. The molecule has 32 heavy (non-hydrogen) atoms. The van der Waals surface area contributed by atoms with Gasteiger partial charge in [-0.2, -0.15) is 4.68 Å². The third kappa shape index (κ3) is 5.22. The van der Waals surface area contributed by atoms with Crippen molar-refractivity contribution in [1.82, 2.24) is 25.2 Å². The Kier molecular flexibility index (Phi) is 6.31. The molecule has 2 aromatic heterocycles. The topological polar surface area (TPSA) is 94.8 Å². The molecule has 2 aromatic carbocycles. The first-order chi connectivity index (χ1) is 15.5. The van der Waals surface area contributed by atoms with Crippen molar-refractivity contribution >= 4 is 29.0 Å². The molecule has 0 radical (unpaired) electrons. The van der Waals surface area contributed by atoms with Crippen LogP contribution in [0.25, 0.3) is 11.8 Å². The van der Waals surface area contributed by atoms with E-state index in [0.717, 1.165) is 16.3 Å². The number of hydrogen-bond donors (Lipinski definition) is 1. The number of tetrazole rings is 1. The van der Waals surface area contributed by atoms with Crippen LogP contribution in [0, 0.1) is 19.7 Å². The maximum absolute atomic E-state index is 14.2. The van der Waals surface area contributed by atoms with Crippen molar-refractivity contribution < 1.29 is 13.9 Å². The van der Waals surface area contributed by atoms with Gasteiger partial charge in [0.25, 0.3) is 0 Å². The summed E-state index contributed by atoms with van der Waals surface area (Å²) >= 11 is 1.58. The average molecular weight is 450 g/mol. The van der Waals surface area contributed by atoms with Gasteiger partial charge in [0.2, 0.25) is 5.91 Å². The van der Waals surface area contributed by atoms with E-state index in [2.05, 4.69) is 25.8 Å². The normalized spacial score (nSPS) is 11.1. The van der Waals surface area contributed by atoms with Crippen molar-refractivity contribution in [2.45, 2.75) is 20.5 Å². The lowest BCUT2D eigenvalue weighted by Gasteiger charge is -2.08. The SMILES string of the molecule is Cc1nc(COc2cccc(/C=C/C(=O)Nc3ccc(F)c(-n4nnnc4C)c3)c2)cs1. The molecule has 4 rings (SSSR count). The number of rotatable bonds is 7. The molecule has 8 nitrogen and oxygen atoms in total. The smallest absolute Gasteiger partial charge is 0.248 e. The van der Waals surface area contributed by atoms with Crippen LogP contribution in [0.4, 0.5) is 10.1 Å². The molecule has 0 saturated heterocycles. The lowest BCUT2D eigenvalue weighted by atomic mass is 10.2. The number of carbonyl (C=O) groups is 1. The highest BCUT2D eigenvalue weighted by Gasteiger charge is 2.11. The van der Waals surface area contributed by atoms with E-state index in [4.69, 9.17) is 4.74 Å². The molecule has 0 aliphatic rings. The molecule has 0 spiro atoms. The van der Waals surface area contributed by atoms with Gasteiger partial charge in [0, 0.05) is 17.1 Å². The van der Waals surface area contributed by atoms with Gasteiger partial charge in [-0.1, -0.05) is 12.1 Å². The molecule has 0 unspecified atom stereocenters. The fourth-order valence-electron chi connectivity index (χ4n) is 2.90. The van der Waals surface area contributed by atoms with Gasteiger partial charge >= 0.3 is 0 Å². The average Bonchev–Trinajstić information content (AvgIpc) is 3.40. The van der Waals surface area contributed by atoms with E-state index in [-0.39, 0.29) is 11.6 Å². The first-order valence-electron chi connectivity index (χ1n) is 9.66. The fraction of sp³-hybridized carbons (Fsp3) is 0.136. The number of aromatic nitrogens is 5.